The van der Waals surface area contributed by atoms with E-state index in [0.29, 0.717) is 26.2 Å². The first-order valence-electron chi connectivity index (χ1n) is 6.77. The molecule has 3 N–H and O–H groups in total. The third-order valence-electron chi connectivity index (χ3n) is 2.70. The predicted octanol–water partition coefficient (Wildman–Crippen LogP) is 2.47. The normalized spacial score (nSPS) is 11.4. The molecule has 4 heteroatoms. The van der Waals surface area contributed by atoms with Crippen molar-refractivity contribution in [1.29, 1.82) is 0 Å². The summed E-state index contributed by atoms with van der Waals surface area (Å²) in [6, 6.07) is 5.69. The monoisotopic (exact) mass is 267 g/mol. The molecule has 0 heterocycles. The van der Waals surface area contributed by atoms with Gasteiger partial charge in [-0.05, 0) is 26.3 Å². The minimum Gasteiger partial charge on any atom is -0.493 e. The van der Waals surface area contributed by atoms with Gasteiger partial charge in [0.25, 0.3) is 0 Å². The summed E-state index contributed by atoms with van der Waals surface area (Å²) in [5, 5.41) is 9.66. The van der Waals surface area contributed by atoms with Gasteiger partial charge in [0.05, 0.1) is 18.8 Å². The molecule has 4 nitrogen and oxygen atoms in total. The summed E-state index contributed by atoms with van der Waals surface area (Å²) in [6.07, 6.45) is 1.53. The maximum absolute atomic E-state index is 9.66. The van der Waals surface area contributed by atoms with Crippen molar-refractivity contribution in [3.05, 3.63) is 23.8 Å². The molecule has 1 rings (SSSR count). The average molecular weight is 267 g/mol. The van der Waals surface area contributed by atoms with Crippen LogP contribution in [0.25, 0.3) is 0 Å². The van der Waals surface area contributed by atoms with Crippen molar-refractivity contribution in [2.45, 2.75) is 45.8 Å². The summed E-state index contributed by atoms with van der Waals surface area (Å²) in [5.41, 5.74) is 5.91. The van der Waals surface area contributed by atoms with E-state index in [4.69, 9.17) is 15.2 Å². The first-order valence-corrected chi connectivity index (χ1v) is 6.77. The standard InChI is InChI=1S/C15H25NO3/c1-4-8-18-13-6-5-12(11-16)14(10-13)19-9-7-15(2,3)17/h5-6,10,17H,4,7-9,11,16H2,1-3H3. The van der Waals surface area contributed by atoms with Crippen molar-refractivity contribution in [2.24, 2.45) is 5.73 Å². The molecule has 1 aromatic rings. The zero-order chi connectivity index (χ0) is 14.3. The largest absolute Gasteiger partial charge is 0.493 e. The van der Waals surface area contributed by atoms with Gasteiger partial charge in [0.15, 0.2) is 0 Å². The summed E-state index contributed by atoms with van der Waals surface area (Å²) in [7, 11) is 0. The molecule has 0 aromatic heterocycles. The van der Waals surface area contributed by atoms with E-state index in [-0.39, 0.29) is 0 Å². The SMILES string of the molecule is CCCOc1ccc(CN)c(OCCC(C)(C)O)c1. The van der Waals surface area contributed by atoms with Gasteiger partial charge >= 0.3 is 0 Å². The summed E-state index contributed by atoms with van der Waals surface area (Å²) >= 11 is 0. The lowest BCUT2D eigenvalue weighted by Crippen LogP contribution is -2.22. The predicted molar refractivity (Wildman–Crippen MR) is 76.5 cm³/mol. The quantitative estimate of drug-likeness (QED) is 0.759. The van der Waals surface area contributed by atoms with Crippen LogP contribution in [0.15, 0.2) is 18.2 Å². The lowest BCUT2D eigenvalue weighted by Gasteiger charge is -2.18. The van der Waals surface area contributed by atoms with Crippen LogP contribution in [0, 0.1) is 0 Å². The first kappa shape index (κ1) is 15.8. The van der Waals surface area contributed by atoms with Crippen LogP contribution in [0.4, 0.5) is 0 Å². The fourth-order valence-corrected chi connectivity index (χ4v) is 1.56. The molecule has 0 bridgehead atoms. The molecule has 19 heavy (non-hydrogen) atoms. The molecule has 0 aliphatic heterocycles. The highest BCUT2D eigenvalue weighted by atomic mass is 16.5. The van der Waals surface area contributed by atoms with Gasteiger partial charge in [0.1, 0.15) is 11.5 Å². The van der Waals surface area contributed by atoms with Crippen molar-refractivity contribution < 1.29 is 14.6 Å². The van der Waals surface area contributed by atoms with Crippen LogP contribution < -0.4 is 15.2 Å². The van der Waals surface area contributed by atoms with Crippen molar-refractivity contribution in [3.63, 3.8) is 0 Å². The Bertz CT molecular complexity index is 385. The molecule has 1 aromatic carbocycles. The van der Waals surface area contributed by atoms with Gasteiger partial charge in [-0.3, -0.25) is 0 Å². The van der Waals surface area contributed by atoms with Crippen LogP contribution in [0.5, 0.6) is 11.5 Å². The van der Waals surface area contributed by atoms with Gasteiger partial charge in [-0.1, -0.05) is 13.0 Å². The van der Waals surface area contributed by atoms with Crippen LogP contribution in [-0.4, -0.2) is 23.9 Å². The number of ether oxygens (including phenoxy) is 2. The van der Waals surface area contributed by atoms with Crippen LogP contribution in [0.3, 0.4) is 0 Å². The Kier molecular flexibility index (Phi) is 6.12. The Labute approximate surface area is 115 Å². The maximum Gasteiger partial charge on any atom is 0.127 e. The summed E-state index contributed by atoms with van der Waals surface area (Å²) in [6.45, 7) is 7.15. The minimum atomic E-state index is -0.723. The fraction of sp³-hybridized carbons (Fsp3) is 0.600. The van der Waals surface area contributed by atoms with Crippen LogP contribution >= 0.6 is 0 Å². The second-order valence-corrected chi connectivity index (χ2v) is 5.23. The maximum atomic E-state index is 9.66. The molecule has 0 spiro atoms. The number of benzene rings is 1. The first-order chi connectivity index (χ1) is 8.96. The Morgan fingerprint density at radius 2 is 1.95 bits per heavy atom. The third kappa shape index (κ3) is 5.94. The van der Waals surface area contributed by atoms with Crippen LogP contribution in [0.2, 0.25) is 0 Å². The zero-order valence-electron chi connectivity index (χ0n) is 12.1. The second kappa shape index (κ2) is 7.36. The van der Waals surface area contributed by atoms with E-state index in [0.717, 1.165) is 23.5 Å². The van der Waals surface area contributed by atoms with Crippen LogP contribution in [-0.2, 0) is 6.54 Å². The molecular weight excluding hydrogens is 242 g/mol. The number of aliphatic hydroxyl groups is 1. The second-order valence-electron chi connectivity index (χ2n) is 5.23. The smallest absolute Gasteiger partial charge is 0.127 e. The van der Waals surface area contributed by atoms with Gasteiger partial charge < -0.3 is 20.3 Å². The zero-order valence-corrected chi connectivity index (χ0v) is 12.1. The van der Waals surface area contributed by atoms with E-state index in [1.807, 2.05) is 18.2 Å². The molecule has 0 aliphatic carbocycles. The molecule has 0 atom stereocenters. The molecule has 0 saturated carbocycles. The van der Waals surface area contributed by atoms with E-state index in [1.54, 1.807) is 13.8 Å². The fourth-order valence-electron chi connectivity index (χ4n) is 1.56. The lowest BCUT2D eigenvalue weighted by atomic mass is 10.1. The molecule has 0 fully saturated rings. The molecule has 0 unspecified atom stereocenters. The van der Waals surface area contributed by atoms with E-state index in [1.165, 1.54) is 0 Å². The van der Waals surface area contributed by atoms with Crippen molar-refractivity contribution >= 4 is 0 Å². The minimum absolute atomic E-state index is 0.423. The van der Waals surface area contributed by atoms with E-state index in [9.17, 15) is 5.11 Å². The van der Waals surface area contributed by atoms with E-state index < -0.39 is 5.60 Å². The summed E-state index contributed by atoms with van der Waals surface area (Å²) in [4.78, 5) is 0. The Morgan fingerprint density at radius 3 is 2.53 bits per heavy atom. The van der Waals surface area contributed by atoms with Crippen molar-refractivity contribution in [3.8, 4) is 11.5 Å². The molecule has 108 valence electrons. The Morgan fingerprint density at radius 1 is 1.21 bits per heavy atom. The number of hydrogen-bond donors (Lipinski definition) is 2. The lowest BCUT2D eigenvalue weighted by molar-refractivity contribution is 0.0552. The van der Waals surface area contributed by atoms with E-state index in [2.05, 4.69) is 6.92 Å². The number of nitrogens with two attached hydrogens (primary N) is 1. The van der Waals surface area contributed by atoms with Crippen molar-refractivity contribution in [1.82, 2.24) is 0 Å². The molecule has 0 radical (unpaired) electrons. The summed E-state index contributed by atoms with van der Waals surface area (Å²) in [5.74, 6) is 1.53. The number of rotatable bonds is 8. The molecular formula is C15H25NO3. The average Bonchev–Trinajstić information content (AvgIpc) is 2.35. The Hall–Kier alpha value is -1.26. The van der Waals surface area contributed by atoms with E-state index >= 15 is 0 Å². The van der Waals surface area contributed by atoms with Gasteiger partial charge in [-0.2, -0.15) is 0 Å². The highest BCUT2D eigenvalue weighted by Gasteiger charge is 2.13. The van der Waals surface area contributed by atoms with Crippen LogP contribution in [0.1, 0.15) is 39.2 Å². The van der Waals surface area contributed by atoms with Gasteiger partial charge in [0, 0.05) is 24.6 Å². The topological polar surface area (TPSA) is 64.7 Å². The molecule has 0 aliphatic rings. The third-order valence-corrected chi connectivity index (χ3v) is 2.70. The van der Waals surface area contributed by atoms with Crippen molar-refractivity contribution in [2.75, 3.05) is 13.2 Å². The molecule has 0 saturated heterocycles. The highest BCUT2D eigenvalue weighted by molar-refractivity contribution is 5.40. The van der Waals surface area contributed by atoms with Gasteiger partial charge in [-0.25, -0.2) is 0 Å². The van der Waals surface area contributed by atoms with Gasteiger partial charge in [0.2, 0.25) is 0 Å². The van der Waals surface area contributed by atoms with Gasteiger partial charge in [-0.15, -0.1) is 0 Å². The highest BCUT2D eigenvalue weighted by Crippen LogP contribution is 2.25. The number of hydrogen-bond acceptors (Lipinski definition) is 4. The summed E-state index contributed by atoms with van der Waals surface area (Å²) < 4.78 is 11.3. The molecule has 0 amide bonds. The Balaban J connectivity index is 2.67.